The topological polar surface area (TPSA) is 41.6 Å². The number of hydrogen-bond acceptors (Lipinski definition) is 3. The van der Waals surface area contributed by atoms with Gasteiger partial charge < -0.3 is 15.0 Å². The standard InChI is InChI=1S/C19H19FN2O2S/c20-15-7-9-16(10-8-15)21-18(23)14-5-4-6-17(13-14)24-19(25)22-11-2-1-3-12-22/h4-10,13H,1-3,11-12H2,(H,21,23). The Morgan fingerprint density at radius 2 is 1.80 bits per heavy atom. The molecule has 0 atom stereocenters. The number of carbonyl (C=O) groups is 1. The normalized spacial score (nSPS) is 14.0. The van der Waals surface area contributed by atoms with Crippen molar-refractivity contribution >= 4 is 29.0 Å². The molecule has 130 valence electrons. The third-order valence-corrected chi connectivity index (χ3v) is 4.36. The van der Waals surface area contributed by atoms with E-state index >= 15 is 0 Å². The predicted molar refractivity (Wildman–Crippen MR) is 99.4 cm³/mol. The van der Waals surface area contributed by atoms with Crippen LogP contribution in [-0.2, 0) is 0 Å². The van der Waals surface area contributed by atoms with Crippen LogP contribution >= 0.6 is 12.2 Å². The molecule has 1 fully saturated rings. The number of hydrogen-bond donors (Lipinski definition) is 1. The van der Waals surface area contributed by atoms with Gasteiger partial charge in [-0.2, -0.15) is 0 Å². The summed E-state index contributed by atoms with van der Waals surface area (Å²) in [5, 5.41) is 3.17. The molecule has 6 heteroatoms. The maximum absolute atomic E-state index is 12.9. The highest BCUT2D eigenvalue weighted by Crippen LogP contribution is 2.18. The van der Waals surface area contributed by atoms with E-state index in [2.05, 4.69) is 5.32 Å². The Morgan fingerprint density at radius 1 is 1.08 bits per heavy atom. The summed E-state index contributed by atoms with van der Waals surface area (Å²) in [6.45, 7) is 1.81. The molecule has 0 radical (unpaired) electrons. The number of likely N-dealkylation sites (tertiary alicyclic amines) is 1. The fraction of sp³-hybridized carbons (Fsp3) is 0.263. The van der Waals surface area contributed by atoms with Crippen molar-refractivity contribution in [3.63, 3.8) is 0 Å². The number of amides is 1. The van der Waals surface area contributed by atoms with Gasteiger partial charge in [0.15, 0.2) is 0 Å². The van der Waals surface area contributed by atoms with Gasteiger partial charge in [-0.15, -0.1) is 0 Å². The number of anilines is 1. The second kappa shape index (κ2) is 8.07. The Balaban J connectivity index is 1.64. The summed E-state index contributed by atoms with van der Waals surface area (Å²) in [5.41, 5.74) is 0.977. The minimum absolute atomic E-state index is 0.291. The lowest BCUT2D eigenvalue weighted by atomic mass is 10.1. The van der Waals surface area contributed by atoms with Crippen LogP contribution in [0, 0.1) is 5.82 Å². The van der Waals surface area contributed by atoms with Crippen LogP contribution in [0.1, 0.15) is 29.6 Å². The van der Waals surface area contributed by atoms with Gasteiger partial charge in [0, 0.05) is 24.3 Å². The third-order valence-electron chi connectivity index (χ3n) is 4.02. The molecule has 25 heavy (non-hydrogen) atoms. The highest BCUT2D eigenvalue weighted by molar-refractivity contribution is 7.80. The SMILES string of the molecule is O=C(Nc1ccc(F)cc1)c1cccc(OC(=S)N2CCCCC2)c1. The number of nitrogens with one attached hydrogen (secondary N) is 1. The van der Waals surface area contributed by atoms with Crippen molar-refractivity contribution in [2.24, 2.45) is 0 Å². The van der Waals surface area contributed by atoms with Crippen molar-refractivity contribution in [3.05, 3.63) is 59.9 Å². The number of nitrogens with zero attached hydrogens (tertiary/aromatic N) is 1. The molecule has 1 heterocycles. The average molecular weight is 358 g/mol. The molecule has 1 saturated heterocycles. The quantitative estimate of drug-likeness (QED) is 0.834. The van der Waals surface area contributed by atoms with Gasteiger partial charge in [-0.3, -0.25) is 4.79 Å². The van der Waals surface area contributed by atoms with Crippen molar-refractivity contribution in [2.75, 3.05) is 18.4 Å². The summed E-state index contributed by atoms with van der Waals surface area (Å²) in [5.74, 6) is -0.108. The molecule has 1 N–H and O–H groups in total. The van der Waals surface area contributed by atoms with Gasteiger partial charge in [-0.05, 0) is 73.9 Å². The first kappa shape index (κ1) is 17.4. The van der Waals surface area contributed by atoms with Gasteiger partial charge in [-0.1, -0.05) is 6.07 Å². The van der Waals surface area contributed by atoms with E-state index in [4.69, 9.17) is 17.0 Å². The van der Waals surface area contributed by atoms with E-state index in [0.717, 1.165) is 25.9 Å². The summed E-state index contributed by atoms with van der Waals surface area (Å²) in [7, 11) is 0. The van der Waals surface area contributed by atoms with Crippen molar-refractivity contribution in [2.45, 2.75) is 19.3 Å². The van der Waals surface area contributed by atoms with Crippen LogP contribution in [-0.4, -0.2) is 29.1 Å². The maximum Gasteiger partial charge on any atom is 0.264 e. The molecule has 1 aliphatic heterocycles. The van der Waals surface area contributed by atoms with Crippen LogP contribution in [0.3, 0.4) is 0 Å². The first-order valence-corrected chi connectivity index (χ1v) is 8.66. The van der Waals surface area contributed by atoms with Crippen LogP contribution in [0.2, 0.25) is 0 Å². The fourth-order valence-corrected chi connectivity index (χ4v) is 2.96. The van der Waals surface area contributed by atoms with E-state index in [1.165, 1.54) is 30.7 Å². The minimum atomic E-state index is -0.348. The zero-order valence-electron chi connectivity index (χ0n) is 13.7. The summed E-state index contributed by atoms with van der Waals surface area (Å²) < 4.78 is 18.7. The smallest absolute Gasteiger partial charge is 0.264 e. The van der Waals surface area contributed by atoms with E-state index in [0.29, 0.717) is 22.2 Å². The lowest BCUT2D eigenvalue weighted by Gasteiger charge is -2.28. The van der Waals surface area contributed by atoms with Gasteiger partial charge in [0.25, 0.3) is 11.1 Å². The molecular weight excluding hydrogens is 339 g/mol. The number of halogens is 1. The molecule has 4 nitrogen and oxygen atoms in total. The Labute approximate surface area is 151 Å². The Kier molecular flexibility index (Phi) is 5.60. The third kappa shape index (κ3) is 4.76. The van der Waals surface area contributed by atoms with E-state index in [1.807, 2.05) is 4.90 Å². The summed E-state index contributed by atoms with van der Waals surface area (Å²) >= 11 is 5.35. The Morgan fingerprint density at radius 3 is 2.52 bits per heavy atom. The van der Waals surface area contributed by atoms with Gasteiger partial charge in [0.05, 0.1) is 0 Å². The molecule has 2 aromatic rings. The second-order valence-electron chi connectivity index (χ2n) is 5.90. The molecule has 0 aliphatic carbocycles. The molecule has 1 aliphatic rings. The van der Waals surface area contributed by atoms with Crippen molar-refractivity contribution in [1.82, 2.24) is 4.90 Å². The molecule has 2 aromatic carbocycles. The zero-order valence-corrected chi connectivity index (χ0v) is 14.5. The number of ether oxygens (including phenoxy) is 1. The predicted octanol–water partition coefficient (Wildman–Crippen LogP) is 4.23. The first-order chi connectivity index (χ1) is 12.1. The highest BCUT2D eigenvalue weighted by atomic mass is 32.1. The lowest BCUT2D eigenvalue weighted by Crippen LogP contribution is -2.37. The summed E-state index contributed by atoms with van der Waals surface area (Å²) in [6.07, 6.45) is 3.45. The molecule has 0 saturated carbocycles. The van der Waals surface area contributed by atoms with Gasteiger partial charge in [0.2, 0.25) is 0 Å². The van der Waals surface area contributed by atoms with Crippen LogP contribution in [0.15, 0.2) is 48.5 Å². The number of carbonyl (C=O) groups excluding carboxylic acids is 1. The first-order valence-electron chi connectivity index (χ1n) is 8.25. The Hall–Kier alpha value is -2.47. The van der Waals surface area contributed by atoms with E-state index in [1.54, 1.807) is 24.3 Å². The van der Waals surface area contributed by atoms with Crippen LogP contribution in [0.25, 0.3) is 0 Å². The minimum Gasteiger partial charge on any atom is -0.432 e. The van der Waals surface area contributed by atoms with Gasteiger partial charge in [-0.25, -0.2) is 4.39 Å². The molecule has 1 amide bonds. The lowest BCUT2D eigenvalue weighted by molar-refractivity contribution is 0.102. The molecule has 0 unspecified atom stereocenters. The van der Waals surface area contributed by atoms with E-state index in [-0.39, 0.29) is 11.7 Å². The molecular formula is C19H19FN2O2S. The molecule has 3 rings (SSSR count). The largest absolute Gasteiger partial charge is 0.432 e. The van der Waals surface area contributed by atoms with Crippen LogP contribution in [0.4, 0.5) is 10.1 Å². The zero-order chi connectivity index (χ0) is 17.6. The number of piperidine rings is 1. The number of thiocarbonyl (C=S) groups is 1. The number of benzene rings is 2. The Bertz CT molecular complexity index is 758. The van der Waals surface area contributed by atoms with E-state index in [9.17, 15) is 9.18 Å². The fourth-order valence-electron chi connectivity index (χ4n) is 2.68. The molecule has 0 spiro atoms. The second-order valence-corrected chi connectivity index (χ2v) is 6.25. The number of rotatable bonds is 3. The van der Waals surface area contributed by atoms with Crippen molar-refractivity contribution < 1.29 is 13.9 Å². The van der Waals surface area contributed by atoms with Gasteiger partial charge in [0.1, 0.15) is 11.6 Å². The highest BCUT2D eigenvalue weighted by Gasteiger charge is 2.15. The average Bonchev–Trinajstić information content (AvgIpc) is 2.64. The van der Waals surface area contributed by atoms with Crippen molar-refractivity contribution in [3.8, 4) is 5.75 Å². The monoisotopic (exact) mass is 358 g/mol. The van der Waals surface area contributed by atoms with E-state index < -0.39 is 0 Å². The van der Waals surface area contributed by atoms with Crippen molar-refractivity contribution in [1.29, 1.82) is 0 Å². The summed E-state index contributed by atoms with van der Waals surface area (Å²) in [6, 6.07) is 12.5. The maximum atomic E-state index is 12.9. The summed E-state index contributed by atoms with van der Waals surface area (Å²) in [4.78, 5) is 14.4. The molecule has 0 bridgehead atoms. The van der Waals surface area contributed by atoms with Crippen LogP contribution < -0.4 is 10.1 Å². The van der Waals surface area contributed by atoms with Gasteiger partial charge >= 0.3 is 0 Å². The molecule has 0 aromatic heterocycles. The van der Waals surface area contributed by atoms with Crippen LogP contribution in [0.5, 0.6) is 5.75 Å².